The molecular formula is C23H19N3O5. The highest BCUT2D eigenvalue weighted by Crippen LogP contribution is 2.27. The number of carbonyl (C=O) groups is 1. The first-order chi connectivity index (χ1) is 15.1. The van der Waals surface area contributed by atoms with Crippen LogP contribution in [0.25, 0.3) is 11.4 Å². The number of rotatable bonds is 7. The Kier molecular flexibility index (Phi) is 5.79. The Balaban J connectivity index is 1.37. The van der Waals surface area contributed by atoms with E-state index in [2.05, 4.69) is 15.3 Å². The molecule has 4 rings (SSSR count). The van der Waals surface area contributed by atoms with Crippen LogP contribution in [-0.2, 0) is 6.61 Å². The average molecular weight is 417 g/mol. The van der Waals surface area contributed by atoms with E-state index in [1.54, 1.807) is 55.6 Å². The lowest BCUT2D eigenvalue weighted by molar-refractivity contribution is 0.0992. The summed E-state index contributed by atoms with van der Waals surface area (Å²) in [5.41, 5.74) is 1.08. The smallest absolute Gasteiger partial charge is 0.291 e. The third kappa shape index (κ3) is 4.81. The number of amides is 1. The zero-order chi connectivity index (χ0) is 21.6. The fraction of sp³-hybridized carbons (Fsp3) is 0.0870. The lowest BCUT2D eigenvalue weighted by atomic mass is 10.2. The molecule has 8 nitrogen and oxygen atoms in total. The number of aromatic hydroxyl groups is 1. The molecule has 2 aromatic heterocycles. The highest BCUT2D eigenvalue weighted by atomic mass is 16.5. The molecular weight excluding hydrogens is 398 g/mol. The van der Waals surface area contributed by atoms with Gasteiger partial charge in [-0.15, -0.1) is 0 Å². The largest absolute Gasteiger partial charge is 0.508 e. The number of phenols is 1. The third-order valence-corrected chi connectivity index (χ3v) is 4.34. The van der Waals surface area contributed by atoms with E-state index in [1.807, 2.05) is 12.1 Å². The number of nitrogens with zero attached hydrogens (tertiary/aromatic N) is 2. The molecule has 4 aromatic rings. The highest BCUT2D eigenvalue weighted by Gasteiger charge is 2.13. The molecule has 8 heteroatoms. The molecule has 156 valence electrons. The van der Waals surface area contributed by atoms with Crippen molar-refractivity contribution < 1.29 is 23.8 Å². The Morgan fingerprint density at radius 3 is 2.55 bits per heavy atom. The first kappa shape index (κ1) is 20.0. The number of hydrogen-bond donors (Lipinski definition) is 2. The minimum Gasteiger partial charge on any atom is -0.508 e. The van der Waals surface area contributed by atoms with Crippen LogP contribution in [0.15, 0.2) is 77.5 Å². The van der Waals surface area contributed by atoms with Crippen molar-refractivity contribution >= 4 is 11.6 Å². The summed E-state index contributed by atoms with van der Waals surface area (Å²) in [6.45, 7) is 0.148. The van der Waals surface area contributed by atoms with Crippen LogP contribution in [0.3, 0.4) is 0 Å². The minimum absolute atomic E-state index is 0.127. The van der Waals surface area contributed by atoms with E-state index in [1.165, 1.54) is 12.4 Å². The summed E-state index contributed by atoms with van der Waals surface area (Å²) in [5.74, 6) is 1.95. The summed E-state index contributed by atoms with van der Waals surface area (Å²) < 4.78 is 16.5. The van der Waals surface area contributed by atoms with Crippen LogP contribution in [0, 0.1) is 0 Å². The van der Waals surface area contributed by atoms with Gasteiger partial charge in [0.2, 0.25) is 0 Å². The van der Waals surface area contributed by atoms with Crippen molar-refractivity contribution in [1.82, 2.24) is 9.97 Å². The van der Waals surface area contributed by atoms with Crippen molar-refractivity contribution in [2.75, 3.05) is 12.4 Å². The number of nitrogens with one attached hydrogen (secondary N) is 1. The SMILES string of the molecule is COc1ccccc1OCc1ccc(C(=O)Nc2cnc(-c3cccc(O)c3)nc2)o1. The number of furan rings is 1. The fourth-order valence-electron chi connectivity index (χ4n) is 2.84. The average Bonchev–Trinajstić information content (AvgIpc) is 3.28. The monoisotopic (exact) mass is 417 g/mol. The summed E-state index contributed by atoms with van der Waals surface area (Å²) in [6, 6.07) is 17.1. The number of hydrogen-bond acceptors (Lipinski definition) is 7. The second-order valence-corrected chi connectivity index (χ2v) is 6.51. The van der Waals surface area contributed by atoms with Gasteiger partial charge in [-0.1, -0.05) is 24.3 Å². The fourth-order valence-corrected chi connectivity index (χ4v) is 2.84. The van der Waals surface area contributed by atoms with Crippen molar-refractivity contribution in [2.45, 2.75) is 6.61 Å². The summed E-state index contributed by atoms with van der Waals surface area (Å²) in [5, 5.41) is 12.3. The lowest BCUT2D eigenvalue weighted by Gasteiger charge is -2.08. The molecule has 0 fully saturated rings. The molecule has 1 amide bonds. The van der Waals surface area contributed by atoms with E-state index in [-0.39, 0.29) is 18.1 Å². The van der Waals surface area contributed by atoms with Crippen molar-refractivity contribution in [2.24, 2.45) is 0 Å². The van der Waals surface area contributed by atoms with Crippen LogP contribution < -0.4 is 14.8 Å². The van der Waals surface area contributed by atoms with E-state index < -0.39 is 5.91 Å². The summed E-state index contributed by atoms with van der Waals surface area (Å²) >= 11 is 0. The number of ether oxygens (including phenoxy) is 2. The predicted octanol–water partition coefficient (Wildman–Crippen LogP) is 4.28. The highest BCUT2D eigenvalue weighted by molar-refractivity contribution is 6.02. The maximum absolute atomic E-state index is 12.4. The quantitative estimate of drug-likeness (QED) is 0.462. The normalized spacial score (nSPS) is 10.5. The van der Waals surface area contributed by atoms with Crippen molar-refractivity contribution in [3.63, 3.8) is 0 Å². The van der Waals surface area contributed by atoms with Gasteiger partial charge in [-0.2, -0.15) is 0 Å². The summed E-state index contributed by atoms with van der Waals surface area (Å²) in [6.07, 6.45) is 2.97. The van der Waals surface area contributed by atoms with Crippen LogP contribution in [0.2, 0.25) is 0 Å². The van der Waals surface area contributed by atoms with Gasteiger partial charge in [-0.3, -0.25) is 4.79 Å². The van der Waals surface area contributed by atoms with Crippen molar-refractivity contribution in [1.29, 1.82) is 0 Å². The van der Waals surface area contributed by atoms with Gasteiger partial charge in [0.15, 0.2) is 23.1 Å². The van der Waals surface area contributed by atoms with Crippen molar-refractivity contribution in [3.8, 4) is 28.6 Å². The summed E-state index contributed by atoms with van der Waals surface area (Å²) in [4.78, 5) is 20.9. The number of methoxy groups -OCH3 is 1. The van der Waals surface area contributed by atoms with Crippen LogP contribution in [-0.4, -0.2) is 28.1 Å². The van der Waals surface area contributed by atoms with Gasteiger partial charge in [0.05, 0.1) is 25.2 Å². The first-order valence-corrected chi connectivity index (χ1v) is 9.40. The molecule has 31 heavy (non-hydrogen) atoms. The van der Waals surface area contributed by atoms with E-state index in [9.17, 15) is 9.90 Å². The molecule has 0 spiro atoms. The number of benzene rings is 2. The van der Waals surface area contributed by atoms with Gasteiger partial charge < -0.3 is 24.3 Å². The molecule has 0 saturated heterocycles. The Bertz CT molecular complexity index is 1190. The Morgan fingerprint density at radius 1 is 1.03 bits per heavy atom. The molecule has 0 radical (unpaired) electrons. The van der Waals surface area contributed by atoms with E-state index in [4.69, 9.17) is 13.9 Å². The third-order valence-electron chi connectivity index (χ3n) is 4.34. The number of anilines is 1. The first-order valence-electron chi connectivity index (χ1n) is 9.40. The van der Waals surface area contributed by atoms with Gasteiger partial charge in [0.25, 0.3) is 5.91 Å². The van der Waals surface area contributed by atoms with E-state index in [0.29, 0.717) is 34.3 Å². The number of aromatic nitrogens is 2. The van der Waals surface area contributed by atoms with Gasteiger partial charge in [-0.25, -0.2) is 9.97 Å². The van der Waals surface area contributed by atoms with Gasteiger partial charge in [0, 0.05) is 5.56 Å². The van der Waals surface area contributed by atoms with Crippen LogP contribution in [0.4, 0.5) is 5.69 Å². The molecule has 0 atom stereocenters. The number of carbonyl (C=O) groups excluding carboxylic acids is 1. The molecule has 2 heterocycles. The molecule has 0 bridgehead atoms. The molecule has 0 aliphatic carbocycles. The zero-order valence-corrected chi connectivity index (χ0v) is 16.6. The Morgan fingerprint density at radius 2 is 1.81 bits per heavy atom. The molecule has 2 aromatic carbocycles. The van der Waals surface area contributed by atoms with Gasteiger partial charge >= 0.3 is 0 Å². The van der Waals surface area contributed by atoms with Crippen LogP contribution in [0.5, 0.6) is 17.2 Å². The zero-order valence-electron chi connectivity index (χ0n) is 16.6. The Labute approximate surface area is 178 Å². The van der Waals surface area contributed by atoms with Crippen LogP contribution >= 0.6 is 0 Å². The van der Waals surface area contributed by atoms with E-state index >= 15 is 0 Å². The molecule has 0 aliphatic heterocycles. The molecule has 2 N–H and O–H groups in total. The lowest BCUT2D eigenvalue weighted by Crippen LogP contribution is -2.11. The second-order valence-electron chi connectivity index (χ2n) is 6.51. The second kappa shape index (κ2) is 9.00. The predicted molar refractivity (Wildman–Crippen MR) is 113 cm³/mol. The molecule has 0 unspecified atom stereocenters. The number of phenolic OH excluding ortho intramolecular Hbond substituents is 1. The number of para-hydroxylation sites is 2. The molecule has 0 aliphatic rings. The maximum Gasteiger partial charge on any atom is 0.291 e. The standard InChI is InChI=1S/C23H19N3O5/c1-29-19-7-2-3-8-20(19)30-14-18-9-10-21(31-18)23(28)26-16-12-24-22(25-13-16)15-5-4-6-17(27)11-15/h2-13,27H,14H2,1H3,(H,26,28). The van der Waals surface area contributed by atoms with Crippen LogP contribution in [0.1, 0.15) is 16.3 Å². The minimum atomic E-state index is -0.433. The van der Waals surface area contributed by atoms with Crippen molar-refractivity contribution in [3.05, 3.63) is 84.6 Å². The maximum atomic E-state index is 12.4. The molecule has 0 saturated carbocycles. The Hall–Kier alpha value is -4.33. The van der Waals surface area contributed by atoms with Gasteiger partial charge in [0.1, 0.15) is 18.1 Å². The van der Waals surface area contributed by atoms with E-state index in [0.717, 1.165) is 0 Å². The topological polar surface area (TPSA) is 107 Å². The summed E-state index contributed by atoms with van der Waals surface area (Å²) in [7, 11) is 1.57. The van der Waals surface area contributed by atoms with Gasteiger partial charge in [-0.05, 0) is 36.4 Å².